The van der Waals surface area contributed by atoms with Crippen molar-refractivity contribution in [1.29, 1.82) is 0 Å². The van der Waals surface area contributed by atoms with Crippen molar-refractivity contribution in [2.45, 2.75) is 53.5 Å². The van der Waals surface area contributed by atoms with E-state index in [9.17, 15) is 0 Å². The van der Waals surface area contributed by atoms with Gasteiger partial charge in [-0.05, 0) is 91.1 Å². The first-order valence-electron chi connectivity index (χ1n) is 11.4. The summed E-state index contributed by atoms with van der Waals surface area (Å²) in [7, 11) is 1.68. The number of nitrogens with zero attached hydrogens (tertiary/aromatic N) is 2. The topological polar surface area (TPSA) is 34.6 Å². The van der Waals surface area contributed by atoms with E-state index in [2.05, 4.69) is 50.2 Å². The summed E-state index contributed by atoms with van der Waals surface area (Å²) in [5, 5.41) is 0. The minimum Gasteiger partial charge on any atom is -0.495 e. The SMILES string of the molecule is CCc1c(C)c2c(c(C)c1-c1ccc3c(c1C)CCCO3)-c1ncc(OC)cc1CN2S. The molecule has 3 heterocycles. The highest BCUT2D eigenvalue weighted by atomic mass is 32.1. The van der Waals surface area contributed by atoms with Crippen LogP contribution in [0.3, 0.4) is 0 Å². The summed E-state index contributed by atoms with van der Waals surface area (Å²) in [5.74, 6) is 1.82. The van der Waals surface area contributed by atoms with Crippen LogP contribution in [0.15, 0.2) is 24.4 Å². The van der Waals surface area contributed by atoms with E-state index in [1.54, 1.807) is 7.11 Å². The molecule has 32 heavy (non-hydrogen) atoms. The maximum atomic E-state index is 5.94. The fraction of sp³-hybridized carbons (Fsp3) is 0.370. The molecule has 0 unspecified atom stereocenters. The molecule has 4 nitrogen and oxygen atoms in total. The lowest BCUT2D eigenvalue weighted by Gasteiger charge is -2.34. The van der Waals surface area contributed by atoms with Gasteiger partial charge in [0.15, 0.2) is 0 Å². The number of methoxy groups -OCH3 is 1. The van der Waals surface area contributed by atoms with Crippen molar-refractivity contribution in [3.63, 3.8) is 0 Å². The summed E-state index contributed by atoms with van der Waals surface area (Å²) in [6.07, 6.45) is 4.94. The van der Waals surface area contributed by atoms with Crippen LogP contribution in [0.25, 0.3) is 22.4 Å². The molecule has 0 spiro atoms. The van der Waals surface area contributed by atoms with Crippen LogP contribution in [0.2, 0.25) is 0 Å². The summed E-state index contributed by atoms with van der Waals surface area (Å²) < 4.78 is 13.4. The third-order valence-corrected chi connectivity index (χ3v) is 7.44. The lowest BCUT2D eigenvalue weighted by atomic mass is 9.80. The van der Waals surface area contributed by atoms with Gasteiger partial charge >= 0.3 is 0 Å². The van der Waals surface area contributed by atoms with Crippen LogP contribution < -0.4 is 13.8 Å². The van der Waals surface area contributed by atoms with Crippen molar-refractivity contribution in [3.8, 4) is 33.9 Å². The van der Waals surface area contributed by atoms with Gasteiger partial charge in [-0.2, -0.15) is 0 Å². The molecule has 1 aromatic heterocycles. The molecule has 0 amide bonds. The van der Waals surface area contributed by atoms with E-state index in [-0.39, 0.29) is 0 Å². The van der Waals surface area contributed by atoms with Gasteiger partial charge in [-0.1, -0.05) is 25.8 Å². The molecule has 0 aliphatic carbocycles. The van der Waals surface area contributed by atoms with Crippen molar-refractivity contribution in [2.24, 2.45) is 0 Å². The zero-order chi connectivity index (χ0) is 22.6. The summed E-state index contributed by atoms with van der Waals surface area (Å²) in [5.41, 5.74) is 13.8. The van der Waals surface area contributed by atoms with Crippen molar-refractivity contribution in [2.75, 3.05) is 18.0 Å². The number of rotatable bonds is 3. The number of hydrogen-bond donors (Lipinski definition) is 1. The Morgan fingerprint density at radius 3 is 2.69 bits per heavy atom. The highest BCUT2D eigenvalue weighted by Crippen LogP contribution is 2.50. The Morgan fingerprint density at radius 2 is 1.94 bits per heavy atom. The predicted molar refractivity (Wildman–Crippen MR) is 134 cm³/mol. The van der Waals surface area contributed by atoms with Crippen LogP contribution in [0.4, 0.5) is 5.69 Å². The summed E-state index contributed by atoms with van der Waals surface area (Å²) in [6, 6.07) is 6.49. The molecule has 0 atom stereocenters. The molecule has 2 aliphatic heterocycles. The van der Waals surface area contributed by atoms with E-state index in [0.29, 0.717) is 6.54 Å². The Labute approximate surface area is 196 Å². The first-order chi connectivity index (χ1) is 15.5. The van der Waals surface area contributed by atoms with Crippen LogP contribution in [0.5, 0.6) is 11.5 Å². The molecule has 0 N–H and O–H groups in total. The molecule has 3 aromatic rings. The van der Waals surface area contributed by atoms with E-state index < -0.39 is 0 Å². The van der Waals surface area contributed by atoms with Crippen LogP contribution >= 0.6 is 12.8 Å². The van der Waals surface area contributed by atoms with Crippen LogP contribution in [0.1, 0.15) is 46.7 Å². The fourth-order valence-corrected chi connectivity index (χ4v) is 5.93. The molecular formula is C27H30N2O2S. The Hall–Kier alpha value is -2.66. The molecule has 0 saturated heterocycles. The van der Waals surface area contributed by atoms with Gasteiger partial charge in [0.25, 0.3) is 0 Å². The fourth-order valence-electron chi connectivity index (χ4n) is 5.53. The van der Waals surface area contributed by atoms with Gasteiger partial charge in [-0.25, -0.2) is 0 Å². The second kappa shape index (κ2) is 8.04. The van der Waals surface area contributed by atoms with Crippen LogP contribution in [-0.4, -0.2) is 18.7 Å². The molecule has 0 fully saturated rings. The Bertz CT molecular complexity index is 1240. The quantitative estimate of drug-likeness (QED) is 0.472. The van der Waals surface area contributed by atoms with E-state index in [0.717, 1.165) is 48.6 Å². The van der Waals surface area contributed by atoms with Gasteiger partial charge in [-0.3, -0.25) is 4.98 Å². The molecule has 0 radical (unpaired) electrons. The number of fused-ring (bicyclic) bond motifs is 4. The average molecular weight is 447 g/mol. The van der Waals surface area contributed by atoms with Crippen molar-refractivity contribution in [1.82, 2.24) is 4.98 Å². The molecule has 0 saturated carbocycles. The lowest BCUT2D eigenvalue weighted by Crippen LogP contribution is -2.21. The second-order valence-corrected chi connectivity index (χ2v) is 9.27. The van der Waals surface area contributed by atoms with E-state index >= 15 is 0 Å². The number of aromatic nitrogens is 1. The molecule has 5 heteroatoms. The zero-order valence-electron chi connectivity index (χ0n) is 19.5. The maximum absolute atomic E-state index is 5.94. The average Bonchev–Trinajstić information content (AvgIpc) is 2.81. The van der Waals surface area contributed by atoms with Crippen molar-refractivity contribution < 1.29 is 9.47 Å². The van der Waals surface area contributed by atoms with Crippen LogP contribution in [0, 0.1) is 20.8 Å². The smallest absolute Gasteiger partial charge is 0.137 e. The third kappa shape index (κ3) is 3.09. The van der Waals surface area contributed by atoms with Gasteiger partial charge in [-0.15, -0.1) is 0 Å². The first kappa shape index (κ1) is 21.2. The predicted octanol–water partition coefficient (Wildman–Crippen LogP) is 6.40. The number of ether oxygens (including phenoxy) is 2. The van der Waals surface area contributed by atoms with E-state index in [1.807, 2.05) is 6.20 Å². The Morgan fingerprint density at radius 1 is 1.12 bits per heavy atom. The summed E-state index contributed by atoms with van der Waals surface area (Å²) >= 11 is 4.89. The van der Waals surface area contributed by atoms with E-state index in [1.165, 1.54) is 50.2 Å². The molecule has 2 aliphatic rings. The highest BCUT2D eigenvalue weighted by molar-refractivity contribution is 7.81. The second-order valence-electron chi connectivity index (χ2n) is 8.79. The number of pyridine rings is 1. The summed E-state index contributed by atoms with van der Waals surface area (Å²) in [6.45, 7) is 10.5. The number of thiol groups is 1. The Kier molecular flexibility index (Phi) is 5.32. The van der Waals surface area contributed by atoms with Gasteiger partial charge in [0.05, 0.1) is 37.8 Å². The highest BCUT2D eigenvalue weighted by Gasteiger charge is 2.30. The van der Waals surface area contributed by atoms with Crippen molar-refractivity contribution in [3.05, 3.63) is 57.8 Å². The Balaban J connectivity index is 1.82. The van der Waals surface area contributed by atoms with E-state index in [4.69, 9.17) is 27.3 Å². The third-order valence-electron chi connectivity index (χ3n) is 7.10. The minimum atomic E-state index is 0.702. The first-order valence-corrected chi connectivity index (χ1v) is 11.8. The molecular weight excluding hydrogens is 416 g/mol. The summed E-state index contributed by atoms with van der Waals surface area (Å²) in [4.78, 5) is 4.85. The normalized spacial score (nSPS) is 14.4. The molecule has 2 aromatic carbocycles. The van der Waals surface area contributed by atoms with Gasteiger partial charge in [0.2, 0.25) is 0 Å². The standard InChI is InChI=1S/C27H30N2O2S/c1-6-20-16(3)27-25(26-18(14-29(27)32)12-19(30-5)13-28-26)17(4)24(20)22-9-10-23-21(15(22)2)8-7-11-31-23/h9-10,12-13,32H,6-8,11,14H2,1-5H3. The monoisotopic (exact) mass is 446 g/mol. The number of anilines is 1. The number of benzene rings is 2. The lowest BCUT2D eigenvalue weighted by molar-refractivity contribution is 0.288. The largest absolute Gasteiger partial charge is 0.495 e. The van der Waals surface area contributed by atoms with Crippen LogP contribution in [-0.2, 0) is 19.4 Å². The maximum Gasteiger partial charge on any atom is 0.137 e. The van der Waals surface area contributed by atoms with Gasteiger partial charge < -0.3 is 13.8 Å². The minimum absolute atomic E-state index is 0.702. The van der Waals surface area contributed by atoms with Crippen molar-refractivity contribution >= 4 is 18.5 Å². The van der Waals surface area contributed by atoms with Gasteiger partial charge in [0.1, 0.15) is 11.5 Å². The van der Waals surface area contributed by atoms with Gasteiger partial charge in [0, 0.05) is 11.1 Å². The molecule has 5 rings (SSSR count). The molecule has 0 bridgehead atoms. The number of hydrogen-bond acceptors (Lipinski definition) is 5. The molecule has 166 valence electrons. The zero-order valence-corrected chi connectivity index (χ0v) is 20.4.